The first-order valence-electron chi connectivity index (χ1n) is 11.4. The van der Waals surface area contributed by atoms with Gasteiger partial charge in [-0.3, -0.25) is 14.7 Å². The van der Waals surface area contributed by atoms with E-state index in [2.05, 4.69) is 20.0 Å². The molecule has 0 spiro atoms. The number of hydrogen-bond donors (Lipinski definition) is 0. The number of benzene rings is 1. The van der Waals surface area contributed by atoms with Crippen LogP contribution in [0.1, 0.15) is 17.0 Å². The van der Waals surface area contributed by atoms with Gasteiger partial charge in [0.25, 0.3) is 0 Å². The third kappa shape index (κ3) is 6.20. The summed E-state index contributed by atoms with van der Waals surface area (Å²) in [5.41, 5.74) is 1.96. The molecule has 0 saturated carbocycles. The predicted molar refractivity (Wildman–Crippen MR) is 134 cm³/mol. The van der Waals surface area contributed by atoms with Gasteiger partial charge in [-0.2, -0.15) is 4.98 Å². The van der Waals surface area contributed by atoms with E-state index in [-0.39, 0.29) is 5.91 Å². The Balaban J connectivity index is 1.07. The highest BCUT2D eigenvalue weighted by Crippen LogP contribution is 2.22. The molecule has 0 aliphatic carbocycles. The summed E-state index contributed by atoms with van der Waals surface area (Å²) >= 11 is 1.59. The highest BCUT2D eigenvalue weighted by Gasteiger charge is 2.21. The number of amides is 1. The molecule has 1 saturated heterocycles. The summed E-state index contributed by atoms with van der Waals surface area (Å²) in [5.74, 6) is 2.01. The lowest BCUT2D eigenvalue weighted by Crippen LogP contribution is -2.47. The fourth-order valence-corrected chi connectivity index (χ4v) is 4.39. The second-order valence-corrected chi connectivity index (χ2v) is 9.09. The Hall–Kier alpha value is -3.82. The van der Waals surface area contributed by atoms with Crippen molar-refractivity contribution in [1.82, 2.24) is 24.9 Å². The lowest BCUT2D eigenvalue weighted by Gasteiger charge is -2.33. The quantitative estimate of drug-likeness (QED) is 0.346. The van der Waals surface area contributed by atoms with Crippen molar-refractivity contribution in [3.8, 4) is 16.5 Å². The Labute approximate surface area is 207 Å². The van der Waals surface area contributed by atoms with Crippen LogP contribution in [0.15, 0.2) is 76.9 Å². The molecular weight excluding hydrogens is 462 g/mol. The average Bonchev–Trinajstić information content (AvgIpc) is 3.60. The molecule has 1 fully saturated rings. The van der Waals surface area contributed by atoms with Gasteiger partial charge in [0, 0.05) is 50.2 Å². The minimum atomic E-state index is 0.0133. The molecule has 35 heavy (non-hydrogen) atoms. The molecule has 4 heterocycles. The van der Waals surface area contributed by atoms with Crippen molar-refractivity contribution in [2.24, 2.45) is 0 Å². The molecule has 1 amide bonds. The second kappa shape index (κ2) is 11.1. The number of pyridine rings is 1. The highest BCUT2D eigenvalue weighted by atomic mass is 32.1. The van der Waals surface area contributed by atoms with Crippen LogP contribution in [0.2, 0.25) is 0 Å². The number of thiophene rings is 1. The zero-order valence-electron chi connectivity index (χ0n) is 19.1. The number of carbonyl (C=O) groups excluding carboxylic acids is 1. The highest BCUT2D eigenvalue weighted by molar-refractivity contribution is 7.13. The van der Waals surface area contributed by atoms with Crippen LogP contribution < -0.4 is 4.74 Å². The smallest absolute Gasteiger partial charge is 0.246 e. The SMILES string of the molecule is O=C(/C=C/c1ccc(OCc2cccnc2)cc1)N1CCN(Cc2nc(-c3cccs3)no2)CC1. The number of nitrogens with zero attached hydrogens (tertiary/aromatic N) is 5. The van der Waals surface area contributed by atoms with Crippen molar-refractivity contribution >= 4 is 23.3 Å². The normalized spacial score (nSPS) is 14.5. The van der Waals surface area contributed by atoms with Gasteiger partial charge in [-0.25, -0.2) is 0 Å². The second-order valence-electron chi connectivity index (χ2n) is 8.14. The molecule has 1 aliphatic rings. The minimum absolute atomic E-state index is 0.0133. The van der Waals surface area contributed by atoms with Crippen LogP contribution in [0.25, 0.3) is 16.8 Å². The van der Waals surface area contributed by atoms with Crippen LogP contribution in [-0.2, 0) is 17.9 Å². The summed E-state index contributed by atoms with van der Waals surface area (Å²) in [6, 6.07) is 15.5. The lowest BCUT2D eigenvalue weighted by atomic mass is 10.2. The molecule has 8 nitrogen and oxygen atoms in total. The van der Waals surface area contributed by atoms with Gasteiger partial charge in [-0.1, -0.05) is 29.4 Å². The minimum Gasteiger partial charge on any atom is -0.489 e. The zero-order valence-corrected chi connectivity index (χ0v) is 19.9. The molecule has 1 aromatic carbocycles. The van der Waals surface area contributed by atoms with Crippen molar-refractivity contribution in [2.75, 3.05) is 26.2 Å². The number of carbonyl (C=O) groups is 1. The van der Waals surface area contributed by atoms with Crippen LogP contribution in [-0.4, -0.2) is 57.0 Å². The van der Waals surface area contributed by atoms with E-state index in [9.17, 15) is 4.79 Å². The van der Waals surface area contributed by atoms with Crippen LogP contribution in [0.4, 0.5) is 0 Å². The number of ether oxygens (including phenoxy) is 1. The summed E-state index contributed by atoms with van der Waals surface area (Å²) in [5, 5.41) is 6.05. The molecule has 178 valence electrons. The van der Waals surface area contributed by atoms with Crippen molar-refractivity contribution < 1.29 is 14.1 Å². The van der Waals surface area contributed by atoms with Crippen molar-refractivity contribution in [3.63, 3.8) is 0 Å². The Bertz CT molecular complexity index is 1250. The zero-order chi connectivity index (χ0) is 23.9. The Morgan fingerprint density at radius 1 is 1.09 bits per heavy atom. The van der Waals surface area contributed by atoms with E-state index in [0.29, 0.717) is 38.0 Å². The number of hydrogen-bond acceptors (Lipinski definition) is 8. The summed E-state index contributed by atoms with van der Waals surface area (Å²) in [7, 11) is 0. The van der Waals surface area contributed by atoms with Gasteiger partial charge >= 0.3 is 0 Å². The monoisotopic (exact) mass is 487 g/mol. The third-order valence-corrected chi connectivity index (χ3v) is 6.55. The Kier molecular flexibility index (Phi) is 7.26. The maximum Gasteiger partial charge on any atom is 0.246 e. The summed E-state index contributed by atoms with van der Waals surface area (Å²) in [6.07, 6.45) is 7.00. The molecular formula is C26H25N5O3S. The Morgan fingerprint density at radius 2 is 1.94 bits per heavy atom. The van der Waals surface area contributed by atoms with E-state index in [1.54, 1.807) is 29.8 Å². The van der Waals surface area contributed by atoms with Crippen LogP contribution in [0.3, 0.4) is 0 Å². The van der Waals surface area contributed by atoms with Gasteiger partial charge in [0.05, 0.1) is 11.4 Å². The van der Waals surface area contributed by atoms with Gasteiger partial charge in [0.15, 0.2) is 0 Å². The van der Waals surface area contributed by atoms with Gasteiger partial charge in [-0.05, 0) is 41.3 Å². The molecule has 0 bridgehead atoms. The van der Waals surface area contributed by atoms with E-state index in [1.807, 2.05) is 64.9 Å². The van der Waals surface area contributed by atoms with Crippen molar-refractivity contribution in [1.29, 1.82) is 0 Å². The van der Waals surface area contributed by atoms with E-state index in [4.69, 9.17) is 9.26 Å². The summed E-state index contributed by atoms with van der Waals surface area (Å²) < 4.78 is 11.2. The van der Waals surface area contributed by atoms with Crippen LogP contribution in [0, 0.1) is 0 Å². The molecule has 3 aromatic heterocycles. The van der Waals surface area contributed by atoms with Gasteiger partial charge in [0.1, 0.15) is 12.4 Å². The first kappa shape index (κ1) is 22.9. The molecule has 9 heteroatoms. The van der Waals surface area contributed by atoms with E-state index >= 15 is 0 Å². The molecule has 0 radical (unpaired) electrons. The molecule has 5 rings (SSSR count). The van der Waals surface area contributed by atoms with E-state index in [0.717, 1.165) is 34.8 Å². The van der Waals surface area contributed by atoms with E-state index in [1.165, 1.54) is 0 Å². The van der Waals surface area contributed by atoms with E-state index < -0.39 is 0 Å². The molecule has 0 N–H and O–H groups in total. The fraction of sp³-hybridized carbons (Fsp3) is 0.231. The first-order valence-corrected chi connectivity index (χ1v) is 12.3. The van der Waals surface area contributed by atoms with Gasteiger partial charge in [0.2, 0.25) is 17.6 Å². The number of piperazine rings is 1. The maximum atomic E-state index is 12.6. The predicted octanol–water partition coefficient (Wildman–Crippen LogP) is 4.13. The molecule has 0 atom stereocenters. The summed E-state index contributed by atoms with van der Waals surface area (Å²) in [6.45, 7) is 3.91. The van der Waals surface area contributed by atoms with Crippen LogP contribution >= 0.6 is 11.3 Å². The summed E-state index contributed by atoms with van der Waals surface area (Å²) in [4.78, 5) is 26.3. The van der Waals surface area contributed by atoms with Gasteiger partial charge in [-0.15, -0.1) is 11.3 Å². The lowest BCUT2D eigenvalue weighted by molar-refractivity contribution is -0.127. The van der Waals surface area contributed by atoms with Crippen molar-refractivity contribution in [2.45, 2.75) is 13.2 Å². The largest absolute Gasteiger partial charge is 0.489 e. The standard InChI is InChI=1S/C26H25N5O3S/c32-25(10-7-20-5-8-22(9-6-20)33-19-21-3-1-11-27-17-21)31-14-12-30(13-15-31)18-24-28-26(29-34-24)23-4-2-16-35-23/h1-11,16-17H,12-15,18-19H2/b10-7+. The van der Waals surface area contributed by atoms with Gasteiger partial charge < -0.3 is 14.2 Å². The Morgan fingerprint density at radius 3 is 2.69 bits per heavy atom. The molecule has 1 aliphatic heterocycles. The van der Waals surface area contributed by atoms with Crippen molar-refractivity contribution in [3.05, 3.63) is 89.4 Å². The maximum absolute atomic E-state index is 12.6. The topological polar surface area (TPSA) is 84.6 Å². The molecule has 0 unspecified atom stereocenters. The number of aromatic nitrogens is 3. The number of rotatable bonds is 8. The van der Waals surface area contributed by atoms with Crippen LogP contribution in [0.5, 0.6) is 5.75 Å². The molecule has 4 aromatic rings. The average molecular weight is 488 g/mol. The third-order valence-electron chi connectivity index (χ3n) is 5.68. The fourth-order valence-electron chi connectivity index (χ4n) is 3.74. The first-order chi connectivity index (χ1) is 17.2.